The quantitative estimate of drug-likeness (QED) is 0.604. The molecule has 8 nitrogen and oxygen atoms in total. The topological polar surface area (TPSA) is 99.0 Å². The third kappa shape index (κ3) is 5.00. The van der Waals surface area contributed by atoms with Crippen molar-refractivity contribution in [2.75, 3.05) is 6.61 Å². The van der Waals surface area contributed by atoms with Crippen molar-refractivity contribution in [1.29, 1.82) is 0 Å². The molecular weight excluding hydrogens is 358 g/mol. The zero-order valence-corrected chi connectivity index (χ0v) is 15.5. The summed E-state index contributed by atoms with van der Waals surface area (Å²) in [6.45, 7) is 1.72. The van der Waals surface area contributed by atoms with Crippen molar-refractivity contribution in [3.05, 3.63) is 72.1 Å². The minimum Gasteiger partial charge on any atom is -0.452 e. The van der Waals surface area contributed by atoms with E-state index in [9.17, 15) is 9.59 Å². The van der Waals surface area contributed by atoms with Gasteiger partial charge in [0.05, 0.1) is 17.3 Å². The maximum Gasteiger partial charge on any atom is 0.338 e. The van der Waals surface area contributed by atoms with Crippen LogP contribution in [-0.2, 0) is 9.53 Å². The lowest BCUT2D eigenvalue weighted by Gasteiger charge is -2.18. The molecule has 28 heavy (non-hydrogen) atoms. The molecule has 0 aliphatic heterocycles. The van der Waals surface area contributed by atoms with Crippen LogP contribution in [0.25, 0.3) is 5.69 Å². The van der Waals surface area contributed by atoms with Crippen LogP contribution in [0.15, 0.2) is 60.9 Å². The summed E-state index contributed by atoms with van der Waals surface area (Å²) in [7, 11) is 0. The van der Waals surface area contributed by atoms with Crippen molar-refractivity contribution in [3.63, 3.8) is 0 Å². The van der Waals surface area contributed by atoms with Gasteiger partial charge in [0.25, 0.3) is 5.91 Å². The van der Waals surface area contributed by atoms with E-state index in [1.165, 1.54) is 11.0 Å². The van der Waals surface area contributed by atoms with E-state index in [1.807, 2.05) is 30.3 Å². The Labute approximate surface area is 162 Å². The molecule has 1 N–H and O–H groups in total. The standard InChI is InChI=1S/C20H21N5O3/c1-2-6-18(15-7-4-3-5-8-15)22-19(26)13-28-20(27)16-9-11-17(12-10-16)25-14-21-23-24-25/h3-5,7-12,14,18H,2,6,13H2,1H3,(H,22,26)/t18-/m0/s1. The van der Waals surface area contributed by atoms with Crippen molar-refractivity contribution < 1.29 is 14.3 Å². The molecule has 0 aliphatic carbocycles. The lowest BCUT2D eigenvalue weighted by atomic mass is 10.0. The van der Waals surface area contributed by atoms with Crippen LogP contribution < -0.4 is 5.32 Å². The van der Waals surface area contributed by atoms with Gasteiger partial charge in [-0.2, -0.15) is 0 Å². The molecule has 3 aromatic rings. The Morgan fingerprint density at radius 3 is 2.50 bits per heavy atom. The summed E-state index contributed by atoms with van der Waals surface area (Å²) in [6.07, 6.45) is 3.19. The molecule has 0 saturated carbocycles. The van der Waals surface area contributed by atoms with Crippen LogP contribution in [0.5, 0.6) is 0 Å². The number of aromatic nitrogens is 4. The molecule has 144 valence electrons. The van der Waals surface area contributed by atoms with Gasteiger partial charge in [-0.3, -0.25) is 4.79 Å². The van der Waals surface area contributed by atoms with Gasteiger partial charge in [-0.15, -0.1) is 5.10 Å². The molecule has 1 heterocycles. The summed E-state index contributed by atoms with van der Waals surface area (Å²) < 4.78 is 6.61. The van der Waals surface area contributed by atoms with Crippen LogP contribution in [0.2, 0.25) is 0 Å². The molecule has 1 aromatic heterocycles. The first kappa shape index (κ1) is 19.2. The van der Waals surface area contributed by atoms with E-state index in [-0.39, 0.29) is 18.6 Å². The van der Waals surface area contributed by atoms with Crippen molar-refractivity contribution in [2.45, 2.75) is 25.8 Å². The molecular formula is C20H21N5O3. The van der Waals surface area contributed by atoms with E-state index in [2.05, 4.69) is 27.8 Å². The van der Waals surface area contributed by atoms with Gasteiger partial charge in [-0.05, 0) is 46.7 Å². The number of nitrogens with zero attached hydrogens (tertiary/aromatic N) is 4. The third-order valence-corrected chi connectivity index (χ3v) is 4.17. The summed E-state index contributed by atoms with van der Waals surface area (Å²) in [5.41, 5.74) is 2.09. The molecule has 0 bridgehead atoms. The molecule has 0 spiro atoms. The monoisotopic (exact) mass is 379 g/mol. The second-order valence-electron chi connectivity index (χ2n) is 6.20. The summed E-state index contributed by atoms with van der Waals surface area (Å²) in [5, 5.41) is 13.8. The van der Waals surface area contributed by atoms with Crippen molar-refractivity contribution >= 4 is 11.9 Å². The predicted molar refractivity (Wildman–Crippen MR) is 102 cm³/mol. The van der Waals surface area contributed by atoms with Gasteiger partial charge >= 0.3 is 5.97 Å². The lowest BCUT2D eigenvalue weighted by Crippen LogP contribution is -2.32. The van der Waals surface area contributed by atoms with Gasteiger partial charge in [0.1, 0.15) is 6.33 Å². The van der Waals surface area contributed by atoms with Crippen LogP contribution in [0.1, 0.15) is 41.7 Å². The predicted octanol–water partition coefficient (Wildman–Crippen LogP) is 2.48. The number of tetrazole rings is 1. The Morgan fingerprint density at radius 2 is 1.86 bits per heavy atom. The molecule has 1 amide bonds. The number of ether oxygens (including phenoxy) is 1. The zero-order valence-electron chi connectivity index (χ0n) is 15.5. The molecule has 0 radical (unpaired) electrons. The van der Waals surface area contributed by atoms with Gasteiger partial charge in [-0.1, -0.05) is 43.7 Å². The first-order chi connectivity index (χ1) is 13.7. The molecule has 1 atom stereocenters. The Bertz CT molecular complexity index is 895. The Morgan fingerprint density at radius 1 is 1.11 bits per heavy atom. The number of esters is 1. The van der Waals surface area contributed by atoms with Crippen LogP contribution in [0.4, 0.5) is 0 Å². The number of benzene rings is 2. The SMILES string of the molecule is CCC[C@H](NC(=O)COC(=O)c1ccc(-n2cnnn2)cc1)c1ccccc1. The van der Waals surface area contributed by atoms with E-state index in [4.69, 9.17) is 4.74 Å². The number of nitrogens with one attached hydrogen (secondary N) is 1. The van der Waals surface area contributed by atoms with E-state index < -0.39 is 5.97 Å². The normalized spacial score (nSPS) is 11.6. The van der Waals surface area contributed by atoms with Crippen molar-refractivity contribution in [3.8, 4) is 5.69 Å². The van der Waals surface area contributed by atoms with E-state index in [0.717, 1.165) is 18.4 Å². The van der Waals surface area contributed by atoms with Crippen LogP contribution >= 0.6 is 0 Å². The smallest absolute Gasteiger partial charge is 0.338 e. The van der Waals surface area contributed by atoms with Gasteiger partial charge in [0.15, 0.2) is 6.61 Å². The number of hydrogen-bond donors (Lipinski definition) is 1. The maximum absolute atomic E-state index is 12.2. The highest BCUT2D eigenvalue weighted by molar-refractivity contribution is 5.91. The van der Waals surface area contributed by atoms with Crippen molar-refractivity contribution in [1.82, 2.24) is 25.5 Å². The van der Waals surface area contributed by atoms with Gasteiger partial charge in [0, 0.05) is 0 Å². The summed E-state index contributed by atoms with van der Waals surface area (Å²) >= 11 is 0. The third-order valence-electron chi connectivity index (χ3n) is 4.17. The number of hydrogen-bond acceptors (Lipinski definition) is 6. The second-order valence-corrected chi connectivity index (χ2v) is 6.20. The fourth-order valence-corrected chi connectivity index (χ4v) is 2.78. The molecule has 0 aliphatic rings. The molecule has 8 heteroatoms. The Balaban J connectivity index is 1.54. The van der Waals surface area contributed by atoms with Crippen molar-refractivity contribution in [2.24, 2.45) is 0 Å². The largest absolute Gasteiger partial charge is 0.452 e. The zero-order chi connectivity index (χ0) is 19.8. The van der Waals surface area contributed by atoms with Gasteiger partial charge < -0.3 is 10.1 Å². The highest BCUT2D eigenvalue weighted by Gasteiger charge is 2.16. The van der Waals surface area contributed by atoms with E-state index in [0.29, 0.717) is 11.3 Å². The molecule has 0 unspecified atom stereocenters. The van der Waals surface area contributed by atoms with Gasteiger partial charge in [-0.25, -0.2) is 9.48 Å². The summed E-state index contributed by atoms with van der Waals surface area (Å²) in [5.74, 6) is -0.897. The minimum absolute atomic E-state index is 0.104. The fourth-order valence-electron chi connectivity index (χ4n) is 2.78. The lowest BCUT2D eigenvalue weighted by molar-refractivity contribution is -0.125. The average Bonchev–Trinajstić information content (AvgIpc) is 3.27. The average molecular weight is 379 g/mol. The first-order valence-electron chi connectivity index (χ1n) is 9.02. The highest BCUT2D eigenvalue weighted by Crippen LogP contribution is 2.18. The molecule has 3 rings (SSSR count). The first-order valence-corrected chi connectivity index (χ1v) is 9.02. The Kier molecular flexibility index (Phi) is 6.46. The fraction of sp³-hybridized carbons (Fsp3) is 0.250. The number of rotatable bonds is 8. The highest BCUT2D eigenvalue weighted by atomic mass is 16.5. The second kappa shape index (κ2) is 9.40. The van der Waals surface area contributed by atoms with Crippen LogP contribution in [0.3, 0.4) is 0 Å². The van der Waals surface area contributed by atoms with Gasteiger partial charge in [0.2, 0.25) is 0 Å². The van der Waals surface area contributed by atoms with E-state index >= 15 is 0 Å². The summed E-state index contributed by atoms with van der Waals surface area (Å²) in [4.78, 5) is 24.4. The maximum atomic E-state index is 12.2. The minimum atomic E-state index is -0.565. The van der Waals surface area contributed by atoms with E-state index in [1.54, 1.807) is 24.3 Å². The molecule has 2 aromatic carbocycles. The number of carbonyl (C=O) groups excluding carboxylic acids is 2. The Hall–Kier alpha value is -3.55. The summed E-state index contributed by atoms with van der Waals surface area (Å²) in [6, 6.07) is 16.2. The number of amides is 1. The van der Waals surface area contributed by atoms with Crippen LogP contribution in [-0.4, -0.2) is 38.7 Å². The molecule has 0 saturated heterocycles. The van der Waals surface area contributed by atoms with Crippen LogP contribution in [0, 0.1) is 0 Å². The molecule has 0 fully saturated rings. The number of carbonyl (C=O) groups is 2.